The van der Waals surface area contributed by atoms with Crippen LogP contribution >= 0.6 is 11.3 Å². The van der Waals surface area contributed by atoms with E-state index in [1.54, 1.807) is 18.4 Å². The lowest BCUT2D eigenvalue weighted by molar-refractivity contribution is -0.188. The van der Waals surface area contributed by atoms with Gasteiger partial charge in [0.2, 0.25) is 5.91 Å². The molecule has 0 bridgehead atoms. The lowest BCUT2D eigenvalue weighted by Crippen LogP contribution is -2.52. The molecule has 170 valence electrons. The molecule has 8 heteroatoms. The van der Waals surface area contributed by atoms with Gasteiger partial charge in [-0.1, -0.05) is 24.3 Å². The number of rotatable bonds is 5. The second-order valence-electron chi connectivity index (χ2n) is 8.45. The van der Waals surface area contributed by atoms with E-state index >= 15 is 0 Å². The number of benzene rings is 1. The fourth-order valence-electron chi connectivity index (χ4n) is 5.12. The molecule has 4 heterocycles. The van der Waals surface area contributed by atoms with Gasteiger partial charge in [-0.15, -0.1) is 11.3 Å². The maximum atomic E-state index is 14.0. The Hall–Kier alpha value is -2.26. The predicted molar refractivity (Wildman–Crippen MR) is 120 cm³/mol. The largest absolute Gasteiger partial charge is 0.383 e. The number of hydrogen-bond acceptors (Lipinski definition) is 6. The number of carbonyl (C=O) groups excluding carboxylic acids is 2. The summed E-state index contributed by atoms with van der Waals surface area (Å²) in [4.78, 5) is 32.2. The van der Waals surface area contributed by atoms with Crippen molar-refractivity contribution in [1.29, 1.82) is 0 Å². The van der Waals surface area contributed by atoms with Gasteiger partial charge < -0.3 is 24.0 Å². The molecule has 0 saturated carbocycles. The molecule has 0 aliphatic carbocycles. The molecule has 1 aromatic heterocycles. The Balaban J connectivity index is 1.50. The molecule has 2 amide bonds. The molecule has 2 saturated heterocycles. The highest BCUT2D eigenvalue weighted by molar-refractivity contribution is 7.10. The SMILES string of the molecule is COCCN1C(=O)c2ccccc2[C@H](C(=O)N2CCC3(CC2)OCCO3)[C@H]1c1cccs1. The van der Waals surface area contributed by atoms with E-state index < -0.39 is 11.7 Å². The van der Waals surface area contributed by atoms with Gasteiger partial charge in [0.1, 0.15) is 0 Å². The summed E-state index contributed by atoms with van der Waals surface area (Å²) in [6, 6.07) is 11.2. The molecular weight excluding hydrogens is 428 g/mol. The molecule has 5 rings (SSSR count). The molecule has 0 unspecified atom stereocenters. The summed E-state index contributed by atoms with van der Waals surface area (Å²) >= 11 is 1.58. The zero-order valence-electron chi connectivity index (χ0n) is 18.2. The summed E-state index contributed by atoms with van der Waals surface area (Å²) in [6.07, 6.45) is 1.34. The Labute approximate surface area is 191 Å². The van der Waals surface area contributed by atoms with Gasteiger partial charge in [-0.2, -0.15) is 0 Å². The first kappa shape index (κ1) is 21.6. The molecule has 2 aromatic rings. The van der Waals surface area contributed by atoms with Gasteiger partial charge in [-0.05, 0) is 23.1 Å². The van der Waals surface area contributed by atoms with Crippen LogP contribution in [0, 0.1) is 0 Å². The van der Waals surface area contributed by atoms with E-state index in [1.807, 2.05) is 51.6 Å². The fourth-order valence-corrected chi connectivity index (χ4v) is 5.99. The maximum Gasteiger partial charge on any atom is 0.254 e. The van der Waals surface area contributed by atoms with Crippen LogP contribution in [0.4, 0.5) is 0 Å². The molecule has 3 aliphatic rings. The topological polar surface area (TPSA) is 68.3 Å². The summed E-state index contributed by atoms with van der Waals surface area (Å²) in [6.45, 7) is 3.24. The summed E-state index contributed by atoms with van der Waals surface area (Å²) in [5.74, 6) is -0.988. The van der Waals surface area contributed by atoms with Crippen LogP contribution in [0.3, 0.4) is 0 Å². The van der Waals surface area contributed by atoms with Gasteiger partial charge in [-0.25, -0.2) is 0 Å². The third-order valence-electron chi connectivity index (χ3n) is 6.73. The number of carbonyl (C=O) groups is 2. The van der Waals surface area contributed by atoms with Crippen LogP contribution < -0.4 is 0 Å². The van der Waals surface area contributed by atoms with Crippen molar-refractivity contribution in [2.75, 3.05) is 46.6 Å². The van der Waals surface area contributed by atoms with Crippen molar-refractivity contribution in [3.63, 3.8) is 0 Å². The van der Waals surface area contributed by atoms with E-state index in [0.29, 0.717) is 57.9 Å². The van der Waals surface area contributed by atoms with Gasteiger partial charge in [0.25, 0.3) is 5.91 Å². The smallest absolute Gasteiger partial charge is 0.254 e. The van der Waals surface area contributed by atoms with Gasteiger partial charge in [0.15, 0.2) is 5.79 Å². The molecule has 0 N–H and O–H groups in total. The molecule has 2 fully saturated rings. The highest BCUT2D eigenvalue weighted by Crippen LogP contribution is 2.45. The van der Waals surface area contributed by atoms with Crippen LogP contribution in [-0.2, 0) is 19.0 Å². The minimum absolute atomic E-state index is 0.0505. The summed E-state index contributed by atoms with van der Waals surface area (Å²) in [5.41, 5.74) is 1.41. The normalized spacial score (nSPS) is 24.7. The number of piperidine rings is 1. The first-order valence-electron chi connectivity index (χ1n) is 11.1. The van der Waals surface area contributed by atoms with E-state index in [-0.39, 0.29) is 17.9 Å². The lowest BCUT2D eigenvalue weighted by Gasteiger charge is -2.44. The molecule has 32 heavy (non-hydrogen) atoms. The third kappa shape index (κ3) is 3.75. The van der Waals surface area contributed by atoms with Crippen molar-refractivity contribution in [2.24, 2.45) is 0 Å². The number of methoxy groups -OCH3 is 1. The third-order valence-corrected chi connectivity index (χ3v) is 7.67. The van der Waals surface area contributed by atoms with Gasteiger partial charge >= 0.3 is 0 Å². The van der Waals surface area contributed by atoms with E-state index in [0.717, 1.165) is 10.4 Å². The lowest BCUT2D eigenvalue weighted by atomic mass is 9.80. The zero-order valence-corrected chi connectivity index (χ0v) is 19.0. The molecule has 2 atom stereocenters. The summed E-state index contributed by atoms with van der Waals surface area (Å²) in [7, 11) is 1.63. The Morgan fingerprint density at radius 2 is 1.91 bits per heavy atom. The molecule has 0 radical (unpaired) electrons. The van der Waals surface area contributed by atoms with Crippen LogP contribution in [0.1, 0.15) is 45.6 Å². The number of thiophene rings is 1. The van der Waals surface area contributed by atoms with E-state index in [4.69, 9.17) is 14.2 Å². The monoisotopic (exact) mass is 456 g/mol. The minimum atomic E-state index is -0.533. The minimum Gasteiger partial charge on any atom is -0.383 e. The Bertz CT molecular complexity index is 963. The van der Waals surface area contributed by atoms with Crippen LogP contribution in [0.25, 0.3) is 0 Å². The van der Waals surface area contributed by atoms with Crippen LogP contribution in [0.5, 0.6) is 0 Å². The van der Waals surface area contributed by atoms with Crippen LogP contribution in [0.15, 0.2) is 41.8 Å². The van der Waals surface area contributed by atoms with Crippen molar-refractivity contribution >= 4 is 23.2 Å². The van der Waals surface area contributed by atoms with Crippen molar-refractivity contribution in [3.8, 4) is 0 Å². The average Bonchev–Trinajstić information content (AvgIpc) is 3.51. The molecule has 1 aromatic carbocycles. The first-order valence-corrected chi connectivity index (χ1v) is 12.0. The van der Waals surface area contributed by atoms with Crippen molar-refractivity contribution in [3.05, 3.63) is 57.8 Å². The second kappa shape index (κ2) is 8.94. The van der Waals surface area contributed by atoms with E-state index in [1.165, 1.54) is 0 Å². The Kier molecular flexibility index (Phi) is 6.03. The zero-order chi connectivity index (χ0) is 22.1. The number of fused-ring (bicyclic) bond motifs is 1. The van der Waals surface area contributed by atoms with Crippen LogP contribution in [0.2, 0.25) is 0 Å². The molecule has 3 aliphatic heterocycles. The Morgan fingerprint density at radius 3 is 2.59 bits per heavy atom. The van der Waals surface area contributed by atoms with Crippen molar-refractivity contribution < 1.29 is 23.8 Å². The quantitative estimate of drug-likeness (QED) is 0.692. The first-order chi connectivity index (χ1) is 15.6. The number of likely N-dealkylation sites (tertiary alicyclic amines) is 1. The average molecular weight is 457 g/mol. The highest BCUT2D eigenvalue weighted by atomic mass is 32.1. The van der Waals surface area contributed by atoms with Crippen molar-refractivity contribution in [2.45, 2.75) is 30.6 Å². The van der Waals surface area contributed by atoms with Gasteiger partial charge in [0, 0.05) is 50.0 Å². The van der Waals surface area contributed by atoms with Crippen molar-refractivity contribution in [1.82, 2.24) is 9.80 Å². The summed E-state index contributed by atoms with van der Waals surface area (Å²) in [5, 5.41) is 2.00. The van der Waals surface area contributed by atoms with Gasteiger partial charge in [0.05, 0.1) is 31.8 Å². The number of ether oxygens (including phenoxy) is 3. The molecule has 7 nitrogen and oxygen atoms in total. The fraction of sp³-hybridized carbons (Fsp3) is 0.500. The second-order valence-corrected chi connectivity index (χ2v) is 9.43. The number of amides is 2. The Morgan fingerprint density at radius 1 is 1.16 bits per heavy atom. The summed E-state index contributed by atoms with van der Waals surface area (Å²) < 4.78 is 17.0. The maximum absolute atomic E-state index is 14.0. The number of hydrogen-bond donors (Lipinski definition) is 0. The van der Waals surface area contributed by atoms with Crippen LogP contribution in [-0.4, -0.2) is 74.0 Å². The standard InChI is InChI=1S/C24H28N2O5S/c1-29-13-12-26-21(19-7-4-16-32-19)20(17-5-2-3-6-18(17)22(26)27)23(28)25-10-8-24(9-11-25)30-14-15-31-24/h2-7,16,20-21H,8-15H2,1H3/t20-,21+/m0/s1. The number of nitrogens with zero attached hydrogens (tertiary/aromatic N) is 2. The van der Waals surface area contributed by atoms with E-state index in [9.17, 15) is 9.59 Å². The predicted octanol–water partition coefficient (Wildman–Crippen LogP) is 3.04. The molecular formula is C24H28N2O5S. The van der Waals surface area contributed by atoms with E-state index in [2.05, 4.69) is 0 Å². The molecule has 1 spiro atoms. The highest BCUT2D eigenvalue weighted by Gasteiger charge is 2.48. The van der Waals surface area contributed by atoms with Gasteiger partial charge in [-0.3, -0.25) is 9.59 Å².